The highest BCUT2D eigenvalue weighted by Gasteiger charge is 2.26. The fourth-order valence-corrected chi connectivity index (χ4v) is 3.06. The van der Waals surface area contributed by atoms with Gasteiger partial charge in [-0.05, 0) is 49.9 Å². The zero-order valence-electron chi connectivity index (χ0n) is 17.9. The molecular weight excluding hydrogens is 364 g/mol. The highest BCUT2D eigenvalue weighted by molar-refractivity contribution is 5.88. The molecule has 0 bridgehead atoms. The molecule has 156 valence electrons. The Labute approximate surface area is 174 Å². The number of methoxy groups -OCH3 is 1. The van der Waals surface area contributed by atoms with Gasteiger partial charge in [0.2, 0.25) is 11.8 Å². The topological polar surface area (TPSA) is 58.6 Å². The second-order valence-electron chi connectivity index (χ2n) is 7.34. The zero-order chi connectivity index (χ0) is 21.2. The number of ether oxygens (including phenoxy) is 1. The van der Waals surface area contributed by atoms with E-state index in [1.54, 1.807) is 18.9 Å². The minimum absolute atomic E-state index is 0.0575. The summed E-state index contributed by atoms with van der Waals surface area (Å²) in [6.07, 6.45) is 1.80. The first-order valence-electron chi connectivity index (χ1n) is 10.2. The van der Waals surface area contributed by atoms with Crippen LogP contribution in [0.2, 0.25) is 0 Å². The average Bonchev–Trinajstić information content (AvgIpc) is 2.74. The zero-order valence-corrected chi connectivity index (χ0v) is 17.9. The lowest BCUT2D eigenvalue weighted by Crippen LogP contribution is -2.50. The van der Waals surface area contributed by atoms with Crippen molar-refractivity contribution in [2.24, 2.45) is 0 Å². The Morgan fingerprint density at radius 1 is 1.00 bits per heavy atom. The van der Waals surface area contributed by atoms with Crippen molar-refractivity contribution in [2.45, 2.75) is 52.1 Å². The standard InChI is InChI=1S/C24H32N2O3/c1-5-18(2)25-24(28)19(3)26(16-15-20-9-7-6-8-10-20)23(27)17-21-11-13-22(29-4)14-12-21/h6-14,18-19H,5,15-17H2,1-4H3,(H,25,28)/t18-,19-/m1/s1. The monoisotopic (exact) mass is 396 g/mol. The Morgan fingerprint density at radius 3 is 2.24 bits per heavy atom. The largest absolute Gasteiger partial charge is 0.497 e. The summed E-state index contributed by atoms with van der Waals surface area (Å²) < 4.78 is 5.18. The number of benzene rings is 2. The van der Waals surface area contributed by atoms with Crippen molar-refractivity contribution >= 4 is 11.8 Å². The molecular formula is C24H32N2O3. The second-order valence-corrected chi connectivity index (χ2v) is 7.34. The minimum Gasteiger partial charge on any atom is -0.497 e. The van der Waals surface area contributed by atoms with Gasteiger partial charge in [-0.3, -0.25) is 9.59 Å². The van der Waals surface area contributed by atoms with Crippen LogP contribution >= 0.6 is 0 Å². The molecule has 0 unspecified atom stereocenters. The Bertz CT molecular complexity index is 774. The van der Waals surface area contributed by atoms with Gasteiger partial charge in [0.1, 0.15) is 11.8 Å². The van der Waals surface area contributed by atoms with E-state index in [2.05, 4.69) is 5.32 Å². The van der Waals surface area contributed by atoms with Crippen LogP contribution in [0.15, 0.2) is 54.6 Å². The number of amides is 2. The first kappa shape index (κ1) is 22.5. The lowest BCUT2D eigenvalue weighted by Gasteiger charge is -2.29. The first-order valence-corrected chi connectivity index (χ1v) is 10.2. The molecule has 29 heavy (non-hydrogen) atoms. The number of rotatable bonds is 10. The molecule has 0 spiro atoms. The summed E-state index contributed by atoms with van der Waals surface area (Å²) in [6, 6.07) is 17.0. The van der Waals surface area contributed by atoms with E-state index in [1.807, 2.05) is 68.4 Å². The van der Waals surface area contributed by atoms with E-state index in [0.717, 1.165) is 23.3 Å². The summed E-state index contributed by atoms with van der Waals surface area (Å²) in [4.78, 5) is 27.5. The van der Waals surface area contributed by atoms with E-state index in [4.69, 9.17) is 4.74 Å². The maximum Gasteiger partial charge on any atom is 0.242 e. The highest BCUT2D eigenvalue weighted by Crippen LogP contribution is 2.14. The quantitative estimate of drug-likeness (QED) is 0.667. The molecule has 0 aliphatic rings. The average molecular weight is 397 g/mol. The third-order valence-electron chi connectivity index (χ3n) is 5.17. The number of carbonyl (C=O) groups excluding carboxylic acids is 2. The van der Waals surface area contributed by atoms with Crippen molar-refractivity contribution in [1.29, 1.82) is 0 Å². The van der Waals surface area contributed by atoms with Gasteiger partial charge in [0, 0.05) is 12.6 Å². The SMILES string of the molecule is CC[C@@H](C)NC(=O)[C@@H](C)N(CCc1ccccc1)C(=O)Cc1ccc(OC)cc1. The third-order valence-corrected chi connectivity index (χ3v) is 5.17. The van der Waals surface area contributed by atoms with Crippen LogP contribution in [0.25, 0.3) is 0 Å². The van der Waals surface area contributed by atoms with Crippen LogP contribution in [0.5, 0.6) is 5.75 Å². The van der Waals surface area contributed by atoms with Crippen LogP contribution in [-0.4, -0.2) is 42.5 Å². The molecule has 1 N–H and O–H groups in total. The Hall–Kier alpha value is -2.82. The van der Waals surface area contributed by atoms with Crippen molar-refractivity contribution in [2.75, 3.05) is 13.7 Å². The van der Waals surface area contributed by atoms with E-state index in [0.29, 0.717) is 13.0 Å². The summed E-state index contributed by atoms with van der Waals surface area (Å²) in [5.41, 5.74) is 2.04. The van der Waals surface area contributed by atoms with Gasteiger partial charge in [-0.1, -0.05) is 49.4 Å². The molecule has 0 saturated carbocycles. The number of hydrogen-bond donors (Lipinski definition) is 1. The van der Waals surface area contributed by atoms with Crippen LogP contribution in [0.1, 0.15) is 38.3 Å². The molecule has 0 aliphatic heterocycles. The van der Waals surface area contributed by atoms with Crippen molar-refractivity contribution in [3.63, 3.8) is 0 Å². The summed E-state index contributed by atoms with van der Waals surface area (Å²) >= 11 is 0. The highest BCUT2D eigenvalue weighted by atomic mass is 16.5. The Morgan fingerprint density at radius 2 is 1.66 bits per heavy atom. The molecule has 2 rings (SSSR count). The molecule has 0 heterocycles. The van der Waals surface area contributed by atoms with E-state index in [1.165, 1.54) is 0 Å². The smallest absolute Gasteiger partial charge is 0.242 e. The van der Waals surface area contributed by atoms with Crippen LogP contribution in [0.4, 0.5) is 0 Å². The van der Waals surface area contributed by atoms with Crippen LogP contribution in [0.3, 0.4) is 0 Å². The predicted octanol–water partition coefficient (Wildman–Crippen LogP) is 3.61. The molecule has 0 radical (unpaired) electrons. The van der Waals surface area contributed by atoms with Gasteiger partial charge in [-0.25, -0.2) is 0 Å². The lowest BCUT2D eigenvalue weighted by atomic mass is 10.1. The van der Waals surface area contributed by atoms with Crippen LogP contribution < -0.4 is 10.1 Å². The van der Waals surface area contributed by atoms with Crippen molar-refractivity contribution in [3.8, 4) is 5.75 Å². The van der Waals surface area contributed by atoms with Crippen LogP contribution in [-0.2, 0) is 22.4 Å². The van der Waals surface area contributed by atoms with E-state index in [9.17, 15) is 9.59 Å². The molecule has 0 fully saturated rings. The van der Waals surface area contributed by atoms with Gasteiger partial charge in [-0.2, -0.15) is 0 Å². The molecule has 2 aromatic rings. The van der Waals surface area contributed by atoms with E-state index in [-0.39, 0.29) is 24.3 Å². The summed E-state index contributed by atoms with van der Waals surface area (Å²) in [5.74, 6) is 0.580. The normalized spacial score (nSPS) is 12.7. The number of carbonyl (C=O) groups is 2. The molecule has 2 aromatic carbocycles. The lowest BCUT2D eigenvalue weighted by molar-refractivity contribution is -0.139. The van der Waals surface area contributed by atoms with Crippen molar-refractivity contribution in [3.05, 3.63) is 65.7 Å². The van der Waals surface area contributed by atoms with Gasteiger partial charge in [0.25, 0.3) is 0 Å². The maximum absolute atomic E-state index is 13.1. The number of nitrogens with zero attached hydrogens (tertiary/aromatic N) is 1. The van der Waals surface area contributed by atoms with E-state index < -0.39 is 6.04 Å². The van der Waals surface area contributed by atoms with Gasteiger partial charge >= 0.3 is 0 Å². The van der Waals surface area contributed by atoms with E-state index >= 15 is 0 Å². The fourth-order valence-electron chi connectivity index (χ4n) is 3.06. The molecule has 5 nitrogen and oxygen atoms in total. The second kappa shape index (κ2) is 11.2. The fraction of sp³-hybridized carbons (Fsp3) is 0.417. The first-order chi connectivity index (χ1) is 13.9. The number of hydrogen-bond acceptors (Lipinski definition) is 3. The molecule has 0 saturated heterocycles. The van der Waals surface area contributed by atoms with Crippen LogP contribution in [0, 0.1) is 0 Å². The van der Waals surface area contributed by atoms with Crippen molar-refractivity contribution < 1.29 is 14.3 Å². The van der Waals surface area contributed by atoms with Gasteiger partial charge in [0.05, 0.1) is 13.5 Å². The molecule has 0 aromatic heterocycles. The summed E-state index contributed by atoms with van der Waals surface area (Å²) in [5, 5.41) is 2.99. The Kier molecular flexibility index (Phi) is 8.71. The molecule has 2 amide bonds. The minimum atomic E-state index is -0.529. The van der Waals surface area contributed by atoms with Crippen molar-refractivity contribution in [1.82, 2.24) is 10.2 Å². The molecule has 0 aliphatic carbocycles. The van der Waals surface area contributed by atoms with Gasteiger partial charge in [-0.15, -0.1) is 0 Å². The predicted molar refractivity (Wildman–Crippen MR) is 116 cm³/mol. The molecule has 2 atom stereocenters. The maximum atomic E-state index is 13.1. The number of nitrogens with one attached hydrogen (secondary N) is 1. The summed E-state index contributed by atoms with van der Waals surface area (Å²) in [6.45, 7) is 6.29. The van der Waals surface area contributed by atoms with Gasteiger partial charge in [0.15, 0.2) is 0 Å². The van der Waals surface area contributed by atoms with Gasteiger partial charge < -0.3 is 15.0 Å². The molecule has 5 heteroatoms. The third kappa shape index (κ3) is 6.93. The summed E-state index contributed by atoms with van der Waals surface area (Å²) in [7, 11) is 1.61. The Balaban J connectivity index is 2.12.